The predicted molar refractivity (Wildman–Crippen MR) is 91.3 cm³/mol. The van der Waals surface area contributed by atoms with Crippen molar-refractivity contribution in [2.24, 2.45) is 0 Å². The molecule has 0 heterocycles. The standard InChI is InChI=1S/C18H20N2OS/c1-13(19-14-11-12-14)18(21)20-16-9-5-6-10-17(16)22-15-7-3-2-4-8-15/h2-10,13-14,19H,11-12H2,1H3,(H,20,21). The average Bonchev–Trinajstić information content (AvgIpc) is 3.34. The molecule has 22 heavy (non-hydrogen) atoms. The summed E-state index contributed by atoms with van der Waals surface area (Å²) in [7, 11) is 0. The molecule has 1 amide bonds. The molecule has 1 atom stereocenters. The van der Waals surface area contributed by atoms with Crippen LogP contribution < -0.4 is 10.6 Å². The number of carbonyl (C=O) groups excluding carboxylic acids is 1. The number of hydrogen-bond donors (Lipinski definition) is 2. The van der Waals surface area contributed by atoms with Crippen LogP contribution in [-0.2, 0) is 4.79 Å². The molecule has 1 fully saturated rings. The second kappa shape index (κ2) is 6.99. The van der Waals surface area contributed by atoms with E-state index in [1.54, 1.807) is 11.8 Å². The fourth-order valence-electron chi connectivity index (χ4n) is 2.19. The Morgan fingerprint density at radius 1 is 1.09 bits per heavy atom. The van der Waals surface area contributed by atoms with Gasteiger partial charge in [0.1, 0.15) is 0 Å². The van der Waals surface area contributed by atoms with E-state index in [9.17, 15) is 4.79 Å². The summed E-state index contributed by atoms with van der Waals surface area (Å²) >= 11 is 1.66. The first-order valence-corrected chi connectivity index (χ1v) is 8.43. The molecule has 1 aliphatic carbocycles. The van der Waals surface area contributed by atoms with Crippen molar-refractivity contribution in [3.05, 3.63) is 54.6 Å². The zero-order valence-corrected chi connectivity index (χ0v) is 13.4. The lowest BCUT2D eigenvalue weighted by Gasteiger charge is -2.15. The molecular formula is C18H20N2OS. The molecule has 0 radical (unpaired) electrons. The van der Waals surface area contributed by atoms with Crippen LogP contribution in [0.1, 0.15) is 19.8 Å². The molecule has 0 saturated heterocycles. The van der Waals surface area contributed by atoms with Crippen molar-refractivity contribution in [1.82, 2.24) is 5.32 Å². The van der Waals surface area contributed by atoms with Crippen LogP contribution in [0.5, 0.6) is 0 Å². The molecule has 0 bridgehead atoms. The molecule has 1 aliphatic rings. The molecule has 2 N–H and O–H groups in total. The first kappa shape index (κ1) is 15.1. The van der Waals surface area contributed by atoms with Gasteiger partial charge in [-0.25, -0.2) is 0 Å². The van der Waals surface area contributed by atoms with Gasteiger partial charge in [-0.1, -0.05) is 42.1 Å². The van der Waals surface area contributed by atoms with Crippen molar-refractivity contribution in [2.75, 3.05) is 5.32 Å². The van der Waals surface area contributed by atoms with E-state index in [4.69, 9.17) is 0 Å². The number of carbonyl (C=O) groups is 1. The van der Waals surface area contributed by atoms with Crippen molar-refractivity contribution in [3.63, 3.8) is 0 Å². The van der Waals surface area contributed by atoms with E-state index in [1.165, 1.54) is 12.8 Å². The first-order chi connectivity index (χ1) is 10.7. The summed E-state index contributed by atoms with van der Waals surface area (Å²) in [5.41, 5.74) is 0.866. The molecule has 0 aromatic heterocycles. The van der Waals surface area contributed by atoms with Gasteiger partial charge in [-0.3, -0.25) is 4.79 Å². The Labute approximate surface area is 135 Å². The number of para-hydroxylation sites is 1. The molecule has 1 unspecified atom stereocenters. The largest absolute Gasteiger partial charge is 0.324 e. The number of nitrogens with one attached hydrogen (secondary N) is 2. The number of hydrogen-bond acceptors (Lipinski definition) is 3. The Balaban J connectivity index is 1.69. The zero-order valence-electron chi connectivity index (χ0n) is 12.6. The number of benzene rings is 2. The molecule has 0 spiro atoms. The van der Waals surface area contributed by atoms with Gasteiger partial charge in [0, 0.05) is 15.8 Å². The molecule has 3 rings (SSSR count). The zero-order chi connectivity index (χ0) is 15.4. The summed E-state index contributed by atoms with van der Waals surface area (Å²) in [6, 6.07) is 18.5. The molecule has 4 heteroatoms. The van der Waals surface area contributed by atoms with Crippen LogP contribution in [0.15, 0.2) is 64.4 Å². The monoisotopic (exact) mass is 312 g/mol. The van der Waals surface area contributed by atoms with Crippen molar-refractivity contribution in [1.29, 1.82) is 0 Å². The molecule has 2 aromatic rings. The van der Waals surface area contributed by atoms with Gasteiger partial charge in [0.05, 0.1) is 11.7 Å². The smallest absolute Gasteiger partial charge is 0.241 e. The minimum Gasteiger partial charge on any atom is -0.324 e. The summed E-state index contributed by atoms with van der Waals surface area (Å²) in [6.45, 7) is 1.92. The third-order valence-electron chi connectivity index (χ3n) is 3.57. The maximum absolute atomic E-state index is 12.3. The highest BCUT2D eigenvalue weighted by Gasteiger charge is 2.25. The highest BCUT2D eigenvalue weighted by atomic mass is 32.2. The Morgan fingerprint density at radius 3 is 2.50 bits per heavy atom. The van der Waals surface area contributed by atoms with Crippen LogP contribution >= 0.6 is 11.8 Å². The molecule has 114 valence electrons. The topological polar surface area (TPSA) is 41.1 Å². The SMILES string of the molecule is CC(NC1CC1)C(=O)Nc1ccccc1Sc1ccccc1. The van der Waals surface area contributed by atoms with Gasteiger partial charge in [0.2, 0.25) is 5.91 Å². The van der Waals surface area contributed by atoms with E-state index in [0.717, 1.165) is 15.5 Å². The van der Waals surface area contributed by atoms with Gasteiger partial charge in [0.25, 0.3) is 0 Å². The van der Waals surface area contributed by atoms with Crippen LogP contribution in [0, 0.1) is 0 Å². The lowest BCUT2D eigenvalue weighted by Crippen LogP contribution is -2.39. The summed E-state index contributed by atoms with van der Waals surface area (Å²) < 4.78 is 0. The summed E-state index contributed by atoms with van der Waals surface area (Å²) in [5.74, 6) is 0.0213. The van der Waals surface area contributed by atoms with Crippen LogP contribution in [-0.4, -0.2) is 18.0 Å². The maximum Gasteiger partial charge on any atom is 0.241 e. The summed E-state index contributed by atoms with van der Waals surface area (Å²) in [5, 5.41) is 6.37. The van der Waals surface area contributed by atoms with E-state index >= 15 is 0 Å². The summed E-state index contributed by atoms with van der Waals surface area (Å²) in [4.78, 5) is 14.5. The number of amides is 1. The Bertz CT molecular complexity index is 641. The Hall–Kier alpha value is -1.78. The van der Waals surface area contributed by atoms with Gasteiger partial charge in [-0.2, -0.15) is 0 Å². The van der Waals surface area contributed by atoms with Crippen molar-refractivity contribution in [3.8, 4) is 0 Å². The Morgan fingerprint density at radius 2 is 1.77 bits per heavy atom. The lowest BCUT2D eigenvalue weighted by molar-refractivity contribution is -0.117. The fraction of sp³-hybridized carbons (Fsp3) is 0.278. The van der Waals surface area contributed by atoms with Crippen LogP contribution in [0.3, 0.4) is 0 Å². The molecule has 2 aromatic carbocycles. The number of rotatable bonds is 6. The number of anilines is 1. The first-order valence-electron chi connectivity index (χ1n) is 7.61. The predicted octanol–water partition coefficient (Wildman–Crippen LogP) is 3.92. The van der Waals surface area contributed by atoms with E-state index in [2.05, 4.69) is 22.8 Å². The molecule has 3 nitrogen and oxygen atoms in total. The van der Waals surface area contributed by atoms with Gasteiger partial charge >= 0.3 is 0 Å². The summed E-state index contributed by atoms with van der Waals surface area (Å²) in [6.07, 6.45) is 2.36. The minimum atomic E-state index is -0.165. The maximum atomic E-state index is 12.3. The molecular weight excluding hydrogens is 292 g/mol. The van der Waals surface area contributed by atoms with Gasteiger partial charge in [-0.15, -0.1) is 0 Å². The lowest BCUT2D eigenvalue weighted by atomic mass is 10.2. The third-order valence-corrected chi connectivity index (χ3v) is 4.66. The van der Waals surface area contributed by atoms with Gasteiger partial charge in [0.15, 0.2) is 0 Å². The highest BCUT2D eigenvalue weighted by molar-refractivity contribution is 7.99. The van der Waals surface area contributed by atoms with E-state index < -0.39 is 0 Å². The van der Waals surface area contributed by atoms with Gasteiger partial charge < -0.3 is 10.6 Å². The fourth-order valence-corrected chi connectivity index (χ4v) is 3.12. The normalized spacial score (nSPS) is 15.3. The second-order valence-electron chi connectivity index (χ2n) is 5.56. The molecule has 1 saturated carbocycles. The van der Waals surface area contributed by atoms with Crippen LogP contribution in [0.25, 0.3) is 0 Å². The van der Waals surface area contributed by atoms with E-state index in [0.29, 0.717) is 6.04 Å². The highest BCUT2D eigenvalue weighted by Crippen LogP contribution is 2.33. The average molecular weight is 312 g/mol. The Kier molecular flexibility index (Phi) is 4.80. The minimum absolute atomic E-state index is 0.0213. The van der Waals surface area contributed by atoms with Crippen molar-refractivity contribution >= 4 is 23.4 Å². The van der Waals surface area contributed by atoms with Crippen LogP contribution in [0.4, 0.5) is 5.69 Å². The third kappa shape index (κ3) is 4.12. The quantitative estimate of drug-likeness (QED) is 0.849. The van der Waals surface area contributed by atoms with Crippen molar-refractivity contribution in [2.45, 2.75) is 41.6 Å². The van der Waals surface area contributed by atoms with Crippen LogP contribution in [0.2, 0.25) is 0 Å². The van der Waals surface area contributed by atoms with Crippen molar-refractivity contribution < 1.29 is 4.79 Å². The van der Waals surface area contributed by atoms with Gasteiger partial charge in [-0.05, 0) is 44.0 Å². The van der Waals surface area contributed by atoms with E-state index in [1.807, 2.05) is 49.4 Å². The second-order valence-corrected chi connectivity index (χ2v) is 6.68. The molecule has 0 aliphatic heterocycles. The van der Waals surface area contributed by atoms with E-state index in [-0.39, 0.29) is 11.9 Å².